The molecule has 0 aromatic rings. The number of piperazine rings is 1. The van der Waals surface area contributed by atoms with Crippen molar-refractivity contribution >= 4 is 5.91 Å². The molecule has 1 aliphatic carbocycles. The van der Waals surface area contributed by atoms with Gasteiger partial charge in [-0.1, -0.05) is 6.92 Å². The van der Waals surface area contributed by atoms with Crippen LogP contribution in [0.15, 0.2) is 0 Å². The molecule has 0 aromatic heterocycles. The van der Waals surface area contributed by atoms with Crippen LogP contribution in [0.3, 0.4) is 0 Å². The van der Waals surface area contributed by atoms with Crippen LogP contribution in [-0.2, 0) is 9.53 Å². The molecule has 0 radical (unpaired) electrons. The average molecular weight is 325 g/mol. The number of hydrogen-bond donors (Lipinski definition) is 0. The Bertz CT molecular complexity index is 345. The van der Waals surface area contributed by atoms with E-state index < -0.39 is 0 Å². The molecule has 1 aliphatic heterocycles. The van der Waals surface area contributed by atoms with Gasteiger partial charge in [-0.3, -0.25) is 9.69 Å². The summed E-state index contributed by atoms with van der Waals surface area (Å²) in [6, 6.07) is 0.648. The van der Waals surface area contributed by atoms with Crippen molar-refractivity contribution in [2.24, 2.45) is 5.92 Å². The van der Waals surface area contributed by atoms with Gasteiger partial charge in [0.25, 0.3) is 0 Å². The van der Waals surface area contributed by atoms with E-state index in [4.69, 9.17) is 4.74 Å². The number of methoxy groups -OCH3 is 1. The standard InChI is InChI=1S/C19H36N2O2/c1-4-16(2)20-12-14-21(15-13-20)19(22)7-5-6-17-8-10-18(23-3)11-9-17/h16-18H,4-15H2,1-3H3. The smallest absolute Gasteiger partial charge is 0.222 e. The third-order valence-electron chi connectivity index (χ3n) is 6.01. The normalized spacial score (nSPS) is 27.9. The van der Waals surface area contributed by atoms with E-state index in [1.807, 2.05) is 7.11 Å². The Labute approximate surface area is 142 Å². The fraction of sp³-hybridized carbons (Fsp3) is 0.947. The maximum absolute atomic E-state index is 12.4. The molecule has 1 saturated carbocycles. The van der Waals surface area contributed by atoms with Crippen LogP contribution >= 0.6 is 0 Å². The average Bonchev–Trinajstić information content (AvgIpc) is 2.61. The highest BCUT2D eigenvalue weighted by atomic mass is 16.5. The lowest BCUT2D eigenvalue weighted by Crippen LogP contribution is -2.51. The van der Waals surface area contributed by atoms with Gasteiger partial charge < -0.3 is 9.64 Å². The molecular weight excluding hydrogens is 288 g/mol. The van der Waals surface area contributed by atoms with Crippen LogP contribution in [0, 0.1) is 5.92 Å². The second-order valence-electron chi connectivity index (χ2n) is 7.44. The molecule has 1 amide bonds. The summed E-state index contributed by atoms with van der Waals surface area (Å²) in [4.78, 5) is 17.0. The number of rotatable bonds is 7. The van der Waals surface area contributed by atoms with Crippen molar-refractivity contribution in [1.82, 2.24) is 9.80 Å². The Morgan fingerprint density at radius 1 is 1.13 bits per heavy atom. The lowest BCUT2D eigenvalue weighted by molar-refractivity contribution is -0.133. The molecule has 1 saturated heterocycles. The van der Waals surface area contributed by atoms with Gasteiger partial charge in [-0.25, -0.2) is 0 Å². The van der Waals surface area contributed by atoms with Crippen molar-refractivity contribution in [2.75, 3.05) is 33.3 Å². The summed E-state index contributed by atoms with van der Waals surface area (Å²) in [5.74, 6) is 1.19. The minimum Gasteiger partial charge on any atom is -0.381 e. The zero-order valence-electron chi connectivity index (χ0n) is 15.4. The topological polar surface area (TPSA) is 32.8 Å². The molecule has 1 atom stereocenters. The summed E-state index contributed by atoms with van der Waals surface area (Å²) >= 11 is 0. The maximum Gasteiger partial charge on any atom is 0.222 e. The fourth-order valence-corrected chi connectivity index (χ4v) is 4.03. The Morgan fingerprint density at radius 3 is 2.35 bits per heavy atom. The van der Waals surface area contributed by atoms with Crippen molar-refractivity contribution < 1.29 is 9.53 Å². The Balaban J connectivity index is 1.59. The van der Waals surface area contributed by atoms with Crippen LogP contribution in [0.1, 0.15) is 65.2 Å². The molecule has 23 heavy (non-hydrogen) atoms. The van der Waals surface area contributed by atoms with Gasteiger partial charge in [-0.05, 0) is 57.8 Å². The lowest BCUT2D eigenvalue weighted by Gasteiger charge is -2.38. The second-order valence-corrected chi connectivity index (χ2v) is 7.44. The predicted molar refractivity (Wildman–Crippen MR) is 94.5 cm³/mol. The summed E-state index contributed by atoms with van der Waals surface area (Å²) in [6.45, 7) is 8.45. The monoisotopic (exact) mass is 324 g/mol. The van der Waals surface area contributed by atoms with Crippen LogP contribution in [0.25, 0.3) is 0 Å². The van der Waals surface area contributed by atoms with E-state index in [0.717, 1.165) is 44.9 Å². The summed E-state index contributed by atoms with van der Waals surface area (Å²) < 4.78 is 5.43. The molecule has 0 spiro atoms. The third kappa shape index (κ3) is 5.75. The molecule has 1 unspecified atom stereocenters. The van der Waals surface area contributed by atoms with Crippen molar-refractivity contribution in [3.05, 3.63) is 0 Å². The first kappa shape index (κ1) is 18.7. The molecule has 0 bridgehead atoms. The number of amides is 1. The molecule has 4 heteroatoms. The molecule has 0 aromatic carbocycles. The van der Waals surface area contributed by atoms with Crippen molar-refractivity contribution in [2.45, 2.75) is 77.4 Å². The van der Waals surface area contributed by atoms with Gasteiger partial charge in [-0.2, -0.15) is 0 Å². The van der Waals surface area contributed by atoms with Crippen molar-refractivity contribution in [3.63, 3.8) is 0 Å². The van der Waals surface area contributed by atoms with E-state index in [2.05, 4.69) is 23.6 Å². The minimum absolute atomic E-state index is 0.374. The van der Waals surface area contributed by atoms with E-state index in [1.54, 1.807) is 0 Å². The second kappa shape index (κ2) is 9.63. The lowest BCUT2D eigenvalue weighted by atomic mass is 9.84. The van der Waals surface area contributed by atoms with Gasteiger partial charge in [-0.15, -0.1) is 0 Å². The van der Waals surface area contributed by atoms with E-state index >= 15 is 0 Å². The van der Waals surface area contributed by atoms with Crippen molar-refractivity contribution in [3.8, 4) is 0 Å². The first-order valence-electron chi connectivity index (χ1n) is 9.68. The number of ether oxygens (including phenoxy) is 1. The fourth-order valence-electron chi connectivity index (χ4n) is 4.03. The SMILES string of the molecule is CCC(C)N1CCN(C(=O)CCCC2CCC(OC)CC2)CC1. The van der Waals surface area contributed by atoms with Crippen LogP contribution in [0.5, 0.6) is 0 Å². The van der Waals surface area contributed by atoms with Gasteiger partial charge in [0.05, 0.1) is 6.10 Å². The number of nitrogens with zero attached hydrogens (tertiary/aromatic N) is 2. The molecule has 0 N–H and O–H groups in total. The molecule has 2 rings (SSSR count). The number of hydrogen-bond acceptors (Lipinski definition) is 3. The van der Waals surface area contributed by atoms with Crippen LogP contribution in [0.2, 0.25) is 0 Å². The zero-order chi connectivity index (χ0) is 16.7. The summed E-state index contributed by atoms with van der Waals surface area (Å²) in [6.07, 6.45) is 9.66. The minimum atomic E-state index is 0.374. The first-order chi connectivity index (χ1) is 11.1. The van der Waals surface area contributed by atoms with E-state index in [1.165, 1.54) is 38.5 Å². The summed E-state index contributed by atoms with van der Waals surface area (Å²) in [5, 5.41) is 0. The van der Waals surface area contributed by atoms with Crippen LogP contribution in [-0.4, -0.2) is 61.1 Å². The van der Waals surface area contributed by atoms with E-state index in [9.17, 15) is 4.79 Å². The maximum atomic E-state index is 12.4. The number of carbonyl (C=O) groups is 1. The third-order valence-corrected chi connectivity index (χ3v) is 6.01. The zero-order valence-corrected chi connectivity index (χ0v) is 15.4. The quantitative estimate of drug-likeness (QED) is 0.720. The Hall–Kier alpha value is -0.610. The molecule has 134 valence electrons. The van der Waals surface area contributed by atoms with Gasteiger partial charge in [0.15, 0.2) is 0 Å². The van der Waals surface area contributed by atoms with Crippen LogP contribution < -0.4 is 0 Å². The summed E-state index contributed by atoms with van der Waals surface area (Å²) in [5.41, 5.74) is 0. The Morgan fingerprint density at radius 2 is 1.78 bits per heavy atom. The highest BCUT2D eigenvalue weighted by Crippen LogP contribution is 2.29. The first-order valence-corrected chi connectivity index (χ1v) is 9.68. The predicted octanol–water partition coefficient (Wildman–Crippen LogP) is 3.30. The number of carbonyl (C=O) groups excluding carboxylic acids is 1. The Kier molecular flexibility index (Phi) is 7.84. The highest BCUT2D eigenvalue weighted by Gasteiger charge is 2.24. The molecule has 1 heterocycles. The van der Waals surface area contributed by atoms with Crippen molar-refractivity contribution in [1.29, 1.82) is 0 Å². The van der Waals surface area contributed by atoms with Gasteiger partial charge >= 0.3 is 0 Å². The largest absolute Gasteiger partial charge is 0.381 e. The molecule has 2 aliphatic rings. The van der Waals surface area contributed by atoms with Gasteiger partial charge in [0.2, 0.25) is 5.91 Å². The van der Waals surface area contributed by atoms with E-state index in [0.29, 0.717) is 18.1 Å². The van der Waals surface area contributed by atoms with Gasteiger partial charge in [0, 0.05) is 45.8 Å². The summed E-state index contributed by atoms with van der Waals surface area (Å²) in [7, 11) is 1.82. The van der Waals surface area contributed by atoms with Gasteiger partial charge in [0.1, 0.15) is 0 Å². The highest BCUT2D eigenvalue weighted by molar-refractivity contribution is 5.76. The molecule has 4 nitrogen and oxygen atoms in total. The molecular formula is C19H36N2O2. The van der Waals surface area contributed by atoms with E-state index in [-0.39, 0.29) is 0 Å². The van der Waals surface area contributed by atoms with Crippen LogP contribution in [0.4, 0.5) is 0 Å². The molecule has 2 fully saturated rings.